The van der Waals surface area contributed by atoms with E-state index in [2.05, 4.69) is 15.3 Å². The summed E-state index contributed by atoms with van der Waals surface area (Å²) in [4.78, 5) is 10.3. The monoisotopic (exact) mass is 354 g/mol. The van der Waals surface area contributed by atoms with Crippen LogP contribution in [-0.2, 0) is 19.3 Å². The summed E-state index contributed by atoms with van der Waals surface area (Å²) < 4.78 is 43.3. The minimum absolute atomic E-state index is 0.374. The van der Waals surface area contributed by atoms with Gasteiger partial charge in [-0.3, -0.25) is 4.99 Å². The van der Waals surface area contributed by atoms with Crippen molar-refractivity contribution in [2.45, 2.75) is 33.1 Å². The lowest BCUT2D eigenvalue weighted by atomic mass is 10.1. The first-order valence-electron chi connectivity index (χ1n) is 7.71. The number of aromatic nitrogens is 1. The van der Waals surface area contributed by atoms with E-state index >= 15 is 0 Å². The first-order valence-corrected chi connectivity index (χ1v) is 7.71. The van der Waals surface area contributed by atoms with Gasteiger partial charge >= 0.3 is 6.18 Å². The average Bonchev–Trinajstić information content (AvgIpc) is 2.86. The number of guanidine groups is 1. The minimum atomic E-state index is -4.33. The molecule has 0 radical (unpaired) electrons. The second-order valence-electron chi connectivity index (χ2n) is 5.70. The smallest absolute Gasteiger partial charge is 0.416 e. The molecule has 0 spiro atoms. The lowest BCUT2D eigenvalue weighted by molar-refractivity contribution is -0.137. The van der Waals surface area contributed by atoms with Crippen molar-refractivity contribution in [2.24, 2.45) is 4.99 Å². The molecular formula is C17H21F3N4O. The molecule has 5 nitrogen and oxygen atoms in total. The van der Waals surface area contributed by atoms with Crippen molar-refractivity contribution in [2.75, 3.05) is 14.1 Å². The highest BCUT2D eigenvalue weighted by atomic mass is 19.4. The Hall–Kier alpha value is -2.51. The maximum absolute atomic E-state index is 12.6. The van der Waals surface area contributed by atoms with Crippen molar-refractivity contribution in [3.05, 3.63) is 52.7 Å². The molecule has 1 aromatic carbocycles. The van der Waals surface area contributed by atoms with Crippen molar-refractivity contribution in [3.63, 3.8) is 0 Å². The lowest BCUT2D eigenvalue weighted by Gasteiger charge is -2.22. The Labute approximate surface area is 144 Å². The largest absolute Gasteiger partial charge is 0.444 e. The van der Waals surface area contributed by atoms with Crippen LogP contribution in [0.2, 0.25) is 0 Å². The SMILES string of the molecule is CN=C(NCc1nc(C)c(C)o1)N(C)Cc1ccc(C(F)(F)F)cc1. The fourth-order valence-corrected chi connectivity index (χ4v) is 2.30. The van der Waals surface area contributed by atoms with Gasteiger partial charge in [-0.15, -0.1) is 0 Å². The van der Waals surface area contributed by atoms with Gasteiger partial charge < -0.3 is 14.6 Å². The van der Waals surface area contributed by atoms with Gasteiger partial charge in [-0.1, -0.05) is 12.1 Å². The van der Waals surface area contributed by atoms with Crippen LogP contribution < -0.4 is 5.32 Å². The van der Waals surface area contributed by atoms with Crippen molar-refractivity contribution < 1.29 is 17.6 Å². The van der Waals surface area contributed by atoms with Gasteiger partial charge in [0, 0.05) is 20.6 Å². The molecule has 0 fully saturated rings. The molecule has 2 aromatic rings. The topological polar surface area (TPSA) is 53.7 Å². The zero-order valence-corrected chi connectivity index (χ0v) is 14.6. The van der Waals surface area contributed by atoms with Gasteiger partial charge in [-0.25, -0.2) is 4.98 Å². The summed E-state index contributed by atoms with van der Waals surface area (Å²) >= 11 is 0. The van der Waals surface area contributed by atoms with Gasteiger partial charge in [0.05, 0.1) is 17.8 Å². The Kier molecular flexibility index (Phi) is 5.71. The van der Waals surface area contributed by atoms with Crippen molar-refractivity contribution in [1.82, 2.24) is 15.2 Å². The molecule has 0 bridgehead atoms. The molecule has 0 aliphatic carbocycles. The third-order valence-electron chi connectivity index (χ3n) is 3.74. The minimum Gasteiger partial charge on any atom is -0.444 e. The molecular weight excluding hydrogens is 333 g/mol. The first kappa shape index (κ1) is 18.8. The Morgan fingerprint density at radius 2 is 1.88 bits per heavy atom. The number of nitrogens with one attached hydrogen (secondary N) is 1. The highest BCUT2D eigenvalue weighted by molar-refractivity contribution is 5.79. The lowest BCUT2D eigenvalue weighted by Crippen LogP contribution is -2.38. The molecule has 0 atom stereocenters. The molecule has 0 unspecified atom stereocenters. The highest BCUT2D eigenvalue weighted by Gasteiger charge is 2.29. The number of aryl methyl sites for hydroxylation is 2. The van der Waals surface area contributed by atoms with Crippen LogP contribution >= 0.6 is 0 Å². The summed E-state index contributed by atoms with van der Waals surface area (Å²) in [6.45, 7) is 4.51. The normalized spacial score (nSPS) is 12.4. The van der Waals surface area contributed by atoms with Gasteiger partial charge in [0.25, 0.3) is 0 Å². The zero-order valence-electron chi connectivity index (χ0n) is 14.6. The van der Waals surface area contributed by atoms with E-state index < -0.39 is 11.7 Å². The molecule has 0 saturated carbocycles. The number of rotatable bonds is 4. The Balaban J connectivity index is 1.96. The third-order valence-corrected chi connectivity index (χ3v) is 3.74. The van der Waals surface area contributed by atoms with Crippen LogP contribution in [0.25, 0.3) is 0 Å². The number of benzene rings is 1. The van der Waals surface area contributed by atoms with Crippen molar-refractivity contribution in [1.29, 1.82) is 0 Å². The summed E-state index contributed by atoms with van der Waals surface area (Å²) in [5.41, 5.74) is 0.933. The molecule has 0 aliphatic heterocycles. The van der Waals surface area contributed by atoms with E-state index in [0.29, 0.717) is 24.9 Å². The molecule has 0 aliphatic rings. The molecule has 1 heterocycles. The highest BCUT2D eigenvalue weighted by Crippen LogP contribution is 2.29. The van der Waals surface area contributed by atoms with Gasteiger partial charge in [0.15, 0.2) is 5.96 Å². The Bertz CT molecular complexity index is 716. The number of nitrogens with zero attached hydrogens (tertiary/aromatic N) is 3. The summed E-state index contributed by atoms with van der Waals surface area (Å²) in [5.74, 6) is 1.91. The second kappa shape index (κ2) is 7.58. The van der Waals surface area contributed by atoms with Crippen LogP contribution in [0.5, 0.6) is 0 Å². The molecule has 2 rings (SSSR count). The van der Waals surface area contributed by atoms with Crippen LogP contribution in [0.15, 0.2) is 33.7 Å². The van der Waals surface area contributed by atoms with E-state index in [-0.39, 0.29) is 0 Å². The van der Waals surface area contributed by atoms with Gasteiger partial charge in [0.2, 0.25) is 5.89 Å². The number of oxazole rings is 1. The van der Waals surface area contributed by atoms with Crippen LogP contribution in [0.1, 0.15) is 28.5 Å². The van der Waals surface area contributed by atoms with E-state index in [1.165, 1.54) is 12.1 Å². The van der Waals surface area contributed by atoms with Gasteiger partial charge in [-0.2, -0.15) is 13.2 Å². The Morgan fingerprint density at radius 3 is 2.36 bits per heavy atom. The number of halogens is 3. The van der Waals surface area contributed by atoms with Gasteiger partial charge in [0.1, 0.15) is 5.76 Å². The zero-order chi connectivity index (χ0) is 18.6. The summed E-state index contributed by atoms with van der Waals surface area (Å²) in [6.07, 6.45) is -4.33. The van der Waals surface area contributed by atoms with E-state index in [0.717, 1.165) is 29.2 Å². The standard InChI is InChI=1S/C17H21F3N4O/c1-11-12(2)25-15(23-11)9-22-16(21-3)24(4)10-13-5-7-14(8-6-13)17(18,19)20/h5-8H,9-10H2,1-4H3,(H,21,22). The molecule has 0 amide bonds. The maximum atomic E-state index is 12.6. The molecule has 0 saturated heterocycles. The number of aliphatic imine (C=N–C) groups is 1. The molecule has 136 valence electrons. The molecule has 25 heavy (non-hydrogen) atoms. The summed E-state index contributed by atoms with van der Waals surface area (Å²) in [7, 11) is 3.44. The van der Waals surface area contributed by atoms with E-state index in [1.54, 1.807) is 14.1 Å². The number of hydrogen-bond acceptors (Lipinski definition) is 3. The predicted octanol–water partition coefficient (Wildman–Crippen LogP) is 3.52. The van der Waals surface area contributed by atoms with E-state index in [4.69, 9.17) is 4.42 Å². The fraction of sp³-hybridized carbons (Fsp3) is 0.412. The maximum Gasteiger partial charge on any atom is 0.416 e. The van der Waals surface area contributed by atoms with Crippen LogP contribution in [0.4, 0.5) is 13.2 Å². The van der Waals surface area contributed by atoms with Crippen LogP contribution in [0.3, 0.4) is 0 Å². The second-order valence-corrected chi connectivity index (χ2v) is 5.70. The van der Waals surface area contributed by atoms with Crippen molar-refractivity contribution in [3.8, 4) is 0 Å². The Morgan fingerprint density at radius 1 is 1.24 bits per heavy atom. The molecule has 1 aromatic heterocycles. The number of alkyl halides is 3. The average molecular weight is 354 g/mol. The van der Waals surface area contributed by atoms with Crippen LogP contribution in [0, 0.1) is 13.8 Å². The third kappa shape index (κ3) is 4.98. The fourth-order valence-electron chi connectivity index (χ4n) is 2.30. The van der Waals surface area contributed by atoms with Gasteiger partial charge in [-0.05, 0) is 31.5 Å². The number of hydrogen-bond donors (Lipinski definition) is 1. The molecule has 1 N–H and O–H groups in total. The quantitative estimate of drug-likeness (QED) is 0.674. The predicted molar refractivity (Wildman–Crippen MR) is 89.1 cm³/mol. The van der Waals surface area contributed by atoms with E-state index in [1.807, 2.05) is 18.7 Å². The summed E-state index contributed by atoms with van der Waals surface area (Å²) in [5, 5.41) is 3.12. The molecule has 8 heteroatoms. The van der Waals surface area contributed by atoms with E-state index in [9.17, 15) is 13.2 Å². The van der Waals surface area contributed by atoms with Crippen molar-refractivity contribution >= 4 is 5.96 Å². The summed E-state index contributed by atoms with van der Waals surface area (Å²) in [6, 6.07) is 5.09. The first-order chi connectivity index (χ1) is 11.7. The van der Waals surface area contributed by atoms with Crippen LogP contribution in [-0.4, -0.2) is 29.9 Å².